The van der Waals surface area contributed by atoms with E-state index < -0.39 is 20.9 Å². The Morgan fingerprint density at radius 3 is 2.33 bits per heavy atom. The minimum atomic E-state index is -3.66. The molecule has 128 valence electrons. The van der Waals surface area contributed by atoms with E-state index in [1.165, 1.54) is 17.0 Å². The minimum absolute atomic E-state index is 0.0746. The lowest BCUT2D eigenvalue weighted by Crippen LogP contribution is -2.16. The molecular weight excluding hydrogens is 353 g/mol. The van der Waals surface area contributed by atoms with Crippen molar-refractivity contribution < 1.29 is 17.6 Å². The van der Waals surface area contributed by atoms with Gasteiger partial charge in [0.05, 0.1) is 16.3 Å². The maximum atomic E-state index is 14.1. The van der Waals surface area contributed by atoms with Crippen LogP contribution in [0.3, 0.4) is 0 Å². The predicted octanol–water partition coefficient (Wildman–Crippen LogP) is 3.94. The van der Waals surface area contributed by atoms with Gasteiger partial charge in [0, 0.05) is 18.9 Å². The largest absolute Gasteiger partial charge is 0.341 e. The van der Waals surface area contributed by atoms with E-state index in [0.29, 0.717) is 17.7 Å². The number of hydrogen-bond donors (Lipinski definition) is 0. The number of hydrogen-bond acceptors (Lipinski definition) is 4. The molecule has 2 aromatic rings. The van der Waals surface area contributed by atoms with Crippen molar-refractivity contribution in [3.8, 4) is 0 Å². The van der Waals surface area contributed by atoms with Gasteiger partial charge in [0.25, 0.3) is 5.24 Å². The van der Waals surface area contributed by atoms with Gasteiger partial charge >= 0.3 is 0 Å². The fourth-order valence-electron chi connectivity index (χ4n) is 2.50. The lowest BCUT2D eigenvalue weighted by Gasteiger charge is -2.24. The van der Waals surface area contributed by atoms with Crippen LogP contribution in [0.25, 0.3) is 0 Å². The molecule has 0 aliphatic rings. The highest BCUT2D eigenvalue weighted by Gasteiger charge is 2.23. The number of rotatable bonds is 5. The van der Waals surface area contributed by atoms with Gasteiger partial charge in [-0.15, -0.1) is 0 Å². The Hall–Kier alpha value is -1.92. The first-order valence-corrected chi connectivity index (χ1v) is 9.48. The number of sulfone groups is 1. The average Bonchev–Trinajstić information content (AvgIpc) is 2.52. The number of carbonyl (C=O) groups excluding carboxylic acids is 1. The number of benzene rings is 2. The van der Waals surface area contributed by atoms with Crippen LogP contribution in [0.2, 0.25) is 0 Å². The Morgan fingerprint density at radius 1 is 1.21 bits per heavy atom. The molecule has 0 heterocycles. The minimum Gasteiger partial charge on any atom is -0.341 e. The fourth-order valence-corrected chi connectivity index (χ4v) is 3.58. The maximum absolute atomic E-state index is 14.1. The van der Waals surface area contributed by atoms with E-state index in [4.69, 9.17) is 11.6 Å². The van der Waals surface area contributed by atoms with Gasteiger partial charge in [0.1, 0.15) is 5.82 Å². The summed E-state index contributed by atoms with van der Waals surface area (Å²) in [6, 6.07) is 8.88. The van der Waals surface area contributed by atoms with Crippen LogP contribution in [0.15, 0.2) is 41.3 Å². The number of carbonyl (C=O) groups is 1. The number of halogens is 2. The number of nitrogens with zero attached hydrogens (tertiary/aromatic N) is 1. The summed E-state index contributed by atoms with van der Waals surface area (Å²) in [7, 11) is -2.08. The summed E-state index contributed by atoms with van der Waals surface area (Å²) >= 11 is 5.58. The second kappa shape index (κ2) is 6.91. The molecule has 0 radical (unpaired) electrons. The van der Waals surface area contributed by atoms with Crippen LogP contribution in [-0.2, 0) is 16.3 Å². The third-order valence-electron chi connectivity index (χ3n) is 3.75. The lowest BCUT2D eigenvalue weighted by molar-refractivity contribution is 0.108. The molecule has 0 saturated carbocycles. The average molecular weight is 370 g/mol. The van der Waals surface area contributed by atoms with E-state index in [0.717, 1.165) is 6.26 Å². The summed E-state index contributed by atoms with van der Waals surface area (Å²) in [6.07, 6.45) is 1.52. The Kier molecular flexibility index (Phi) is 5.30. The van der Waals surface area contributed by atoms with E-state index in [9.17, 15) is 17.6 Å². The molecule has 0 spiro atoms. The van der Waals surface area contributed by atoms with E-state index in [-0.39, 0.29) is 16.1 Å². The molecule has 2 aromatic carbocycles. The highest BCUT2D eigenvalue weighted by molar-refractivity contribution is 7.90. The standard InChI is InChI=1S/C17H17ClFNO3S/c1-4-11-9-15(20(2)14-8-6-5-7-13(14)19)16(24(3,22)23)10-12(11)17(18)21/h5-10H,4H2,1-3H3. The molecule has 0 N–H and O–H groups in total. The highest BCUT2D eigenvalue weighted by Crippen LogP contribution is 2.34. The zero-order chi connectivity index (χ0) is 18.1. The smallest absolute Gasteiger partial charge is 0.252 e. The van der Waals surface area contributed by atoms with Crippen molar-refractivity contribution >= 4 is 38.1 Å². The summed E-state index contributed by atoms with van der Waals surface area (Å²) in [5, 5.41) is -0.725. The molecule has 0 unspecified atom stereocenters. The summed E-state index contributed by atoms with van der Waals surface area (Å²) < 4.78 is 38.4. The Labute approximate surface area is 145 Å². The molecule has 0 aliphatic heterocycles. The summed E-state index contributed by atoms with van der Waals surface area (Å²) in [4.78, 5) is 13.0. The molecule has 0 fully saturated rings. The van der Waals surface area contributed by atoms with Crippen LogP contribution in [0, 0.1) is 5.82 Å². The van der Waals surface area contributed by atoms with E-state index >= 15 is 0 Å². The van der Waals surface area contributed by atoms with Crippen molar-refractivity contribution in [3.05, 3.63) is 53.3 Å². The molecule has 0 saturated heterocycles. The molecule has 0 bridgehead atoms. The van der Waals surface area contributed by atoms with Crippen molar-refractivity contribution in [2.75, 3.05) is 18.2 Å². The fraction of sp³-hybridized carbons (Fsp3) is 0.235. The van der Waals surface area contributed by atoms with Gasteiger partial charge in [0.2, 0.25) is 0 Å². The van der Waals surface area contributed by atoms with Crippen LogP contribution in [0.4, 0.5) is 15.8 Å². The Bertz CT molecular complexity index is 897. The molecule has 0 aliphatic carbocycles. The summed E-state index contributed by atoms with van der Waals surface area (Å²) in [5.41, 5.74) is 1.27. The van der Waals surface area contributed by atoms with Crippen molar-refractivity contribution in [3.63, 3.8) is 0 Å². The van der Waals surface area contributed by atoms with E-state index in [1.54, 1.807) is 31.3 Å². The SMILES string of the molecule is CCc1cc(N(C)c2ccccc2F)c(S(C)(=O)=O)cc1C(=O)Cl. The molecule has 2 rings (SSSR count). The van der Waals surface area contributed by atoms with Crippen molar-refractivity contribution in [2.24, 2.45) is 0 Å². The van der Waals surface area contributed by atoms with Gasteiger partial charge in [-0.25, -0.2) is 12.8 Å². The number of para-hydroxylation sites is 1. The monoisotopic (exact) mass is 369 g/mol. The Balaban J connectivity index is 2.77. The van der Waals surface area contributed by atoms with Gasteiger partial charge in [0.15, 0.2) is 9.84 Å². The van der Waals surface area contributed by atoms with Crippen molar-refractivity contribution in [1.82, 2.24) is 0 Å². The molecule has 7 heteroatoms. The number of anilines is 2. The highest BCUT2D eigenvalue weighted by atomic mass is 35.5. The van der Waals surface area contributed by atoms with Gasteiger partial charge in [-0.3, -0.25) is 4.79 Å². The van der Waals surface area contributed by atoms with Crippen LogP contribution in [-0.4, -0.2) is 27.0 Å². The maximum Gasteiger partial charge on any atom is 0.252 e. The molecule has 0 aromatic heterocycles. The number of aryl methyl sites for hydroxylation is 1. The van der Waals surface area contributed by atoms with Gasteiger partial charge in [-0.2, -0.15) is 0 Å². The van der Waals surface area contributed by atoms with Crippen molar-refractivity contribution in [1.29, 1.82) is 0 Å². The quantitative estimate of drug-likeness (QED) is 0.749. The third-order valence-corrected chi connectivity index (χ3v) is 5.08. The van der Waals surface area contributed by atoms with E-state index in [1.807, 2.05) is 6.92 Å². The summed E-state index contributed by atoms with van der Waals surface area (Å²) in [5.74, 6) is -0.477. The van der Waals surface area contributed by atoms with Gasteiger partial charge in [-0.1, -0.05) is 19.1 Å². The van der Waals surface area contributed by atoms with Gasteiger partial charge < -0.3 is 4.90 Å². The van der Waals surface area contributed by atoms with Crippen LogP contribution in [0.5, 0.6) is 0 Å². The lowest BCUT2D eigenvalue weighted by atomic mass is 10.0. The van der Waals surface area contributed by atoms with Crippen LogP contribution in [0.1, 0.15) is 22.8 Å². The zero-order valence-corrected chi connectivity index (χ0v) is 15.1. The second-order valence-corrected chi connectivity index (χ2v) is 7.71. The molecule has 0 amide bonds. The van der Waals surface area contributed by atoms with E-state index in [2.05, 4.69) is 0 Å². The first-order valence-electron chi connectivity index (χ1n) is 7.21. The Morgan fingerprint density at radius 2 is 1.83 bits per heavy atom. The molecule has 24 heavy (non-hydrogen) atoms. The van der Waals surface area contributed by atoms with Crippen LogP contribution >= 0.6 is 11.6 Å². The second-order valence-electron chi connectivity index (χ2n) is 5.39. The zero-order valence-electron chi connectivity index (χ0n) is 13.5. The first-order chi connectivity index (χ1) is 11.2. The molecular formula is C17H17ClFNO3S. The van der Waals surface area contributed by atoms with Gasteiger partial charge in [-0.05, 0) is 47.9 Å². The topological polar surface area (TPSA) is 54.5 Å². The predicted molar refractivity (Wildman–Crippen MR) is 93.6 cm³/mol. The molecule has 0 atom stereocenters. The third kappa shape index (κ3) is 3.60. The summed E-state index contributed by atoms with van der Waals surface area (Å²) in [6.45, 7) is 1.83. The normalized spacial score (nSPS) is 11.4. The van der Waals surface area contributed by atoms with Crippen molar-refractivity contribution in [2.45, 2.75) is 18.2 Å². The first kappa shape index (κ1) is 18.4. The molecule has 4 nitrogen and oxygen atoms in total. The van der Waals surface area contributed by atoms with Crippen LogP contribution < -0.4 is 4.90 Å².